The van der Waals surface area contributed by atoms with Crippen LogP contribution in [-0.4, -0.2) is 26.8 Å². The van der Waals surface area contributed by atoms with E-state index in [0.29, 0.717) is 17.8 Å². The summed E-state index contributed by atoms with van der Waals surface area (Å²) in [6.07, 6.45) is 0. The number of nitrogens with one attached hydrogen (secondary N) is 3. The van der Waals surface area contributed by atoms with Crippen molar-refractivity contribution in [2.75, 3.05) is 16.6 Å². The highest BCUT2D eigenvalue weighted by Gasteiger charge is 2.18. The zero-order valence-corrected chi connectivity index (χ0v) is 19.7. The van der Waals surface area contributed by atoms with Crippen LogP contribution in [0, 0.1) is 5.92 Å². The Balaban J connectivity index is 1.76. The molecule has 0 saturated heterocycles. The van der Waals surface area contributed by atoms with Gasteiger partial charge in [0.1, 0.15) is 0 Å². The van der Waals surface area contributed by atoms with Gasteiger partial charge in [-0.1, -0.05) is 55.8 Å². The van der Waals surface area contributed by atoms with E-state index in [1.165, 1.54) is 30.3 Å². The van der Waals surface area contributed by atoms with Crippen LogP contribution >= 0.6 is 11.6 Å². The zero-order valence-electron chi connectivity index (χ0n) is 18.1. The molecule has 0 aliphatic carbocycles. The molecule has 2 amide bonds. The van der Waals surface area contributed by atoms with Crippen LogP contribution in [0.4, 0.5) is 11.4 Å². The first kappa shape index (κ1) is 24.3. The summed E-state index contributed by atoms with van der Waals surface area (Å²) in [6, 6.07) is 18.8. The van der Waals surface area contributed by atoms with Gasteiger partial charge in [0.15, 0.2) is 0 Å². The number of halogens is 1. The van der Waals surface area contributed by atoms with Crippen molar-refractivity contribution in [2.24, 2.45) is 5.92 Å². The quantitative estimate of drug-likeness (QED) is 0.427. The molecule has 0 radical (unpaired) electrons. The van der Waals surface area contributed by atoms with Crippen LogP contribution in [0.5, 0.6) is 0 Å². The molecule has 0 bridgehead atoms. The molecule has 3 N–H and O–H groups in total. The second-order valence-electron chi connectivity index (χ2n) is 7.72. The molecule has 0 fully saturated rings. The number of rotatable bonds is 8. The smallest absolute Gasteiger partial charge is 0.261 e. The highest BCUT2D eigenvalue weighted by atomic mass is 35.5. The van der Waals surface area contributed by atoms with Gasteiger partial charge in [-0.05, 0) is 48.4 Å². The largest absolute Gasteiger partial charge is 0.352 e. The van der Waals surface area contributed by atoms with Crippen LogP contribution in [0.2, 0.25) is 5.02 Å². The molecule has 3 aromatic carbocycles. The third-order valence-electron chi connectivity index (χ3n) is 4.61. The Hall–Kier alpha value is -3.36. The maximum absolute atomic E-state index is 12.8. The van der Waals surface area contributed by atoms with Crippen molar-refractivity contribution in [3.63, 3.8) is 0 Å². The van der Waals surface area contributed by atoms with Crippen molar-refractivity contribution in [1.29, 1.82) is 0 Å². The standard InChI is InChI=1S/C24H24ClN3O4S/c1-16(2)15-26-23(29)20-10-6-7-11-22(20)27-24(30)19-13-12-17(14-21(19)25)28-33(31,32)18-8-4-3-5-9-18/h3-14,16,28H,15H2,1-2H3,(H,26,29)(H,27,30). The third kappa shape index (κ3) is 6.34. The highest BCUT2D eigenvalue weighted by Crippen LogP contribution is 2.25. The monoisotopic (exact) mass is 485 g/mol. The van der Waals surface area contributed by atoms with Gasteiger partial charge in [0, 0.05) is 6.54 Å². The average Bonchev–Trinajstić information content (AvgIpc) is 2.78. The fourth-order valence-electron chi connectivity index (χ4n) is 2.95. The summed E-state index contributed by atoms with van der Waals surface area (Å²) in [4.78, 5) is 25.4. The second-order valence-corrected chi connectivity index (χ2v) is 9.81. The van der Waals surface area contributed by atoms with E-state index in [1.807, 2.05) is 13.8 Å². The summed E-state index contributed by atoms with van der Waals surface area (Å²) < 4.78 is 27.4. The Labute approximate surface area is 198 Å². The first-order valence-electron chi connectivity index (χ1n) is 10.2. The summed E-state index contributed by atoms with van der Waals surface area (Å²) in [7, 11) is -3.79. The molecule has 0 aromatic heterocycles. The number of amides is 2. The van der Waals surface area contributed by atoms with Crippen LogP contribution in [0.3, 0.4) is 0 Å². The van der Waals surface area contributed by atoms with E-state index in [0.717, 1.165) is 0 Å². The first-order valence-corrected chi connectivity index (χ1v) is 12.1. The van der Waals surface area contributed by atoms with E-state index >= 15 is 0 Å². The topological polar surface area (TPSA) is 104 Å². The molecule has 9 heteroatoms. The van der Waals surface area contributed by atoms with Gasteiger partial charge in [-0.25, -0.2) is 8.42 Å². The summed E-state index contributed by atoms with van der Waals surface area (Å²) in [6.45, 7) is 4.48. The van der Waals surface area contributed by atoms with E-state index in [2.05, 4.69) is 15.4 Å². The van der Waals surface area contributed by atoms with E-state index < -0.39 is 15.9 Å². The van der Waals surface area contributed by atoms with Gasteiger partial charge in [0.25, 0.3) is 21.8 Å². The molecule has 172 valence electrons. The summed E-state index contributed by atoms with van der Waals surface area (Å²) in [5, 5.41) is 5.59. The minimum atomic E-state index is -3.79. The predicted molar refractivity (Wildman–Crippen MR) is 130 cm³/mol. The van der Waals surface area contributed by atoms with Crippen molar-refractivity contribution in [3.05, 3.63) is 88.9 Å². The van der Waals surface area contributed by atoms with Crippen LogP contribution < -0.4 is 15.4 Å². The minimum absolute atomic E-state index is 0.0579. The van der Waals surface area contributed by atoms with Crippen LogP contribution in [0.1, 0.15) is 34.6 Å². The lowest BCUT2D eigenvalue weighted by Crippen LogP contribution is -2.28. The maximum Gasteiger partial charge on any atom is 0.261 e. The number of hydrogen-bond acceptors (Lipinski definition) is 4. The Morgan fingerprint density at radius 2 is 1.55 bits per heavy atom. The zero-order chi connectivity index (χ0) is 24.0. The number of para-hydroxylation sites is 1. The number of anilines is 2. The third-order valence-corrected chi connectivity index (χ3v) is 6.32. The molecule has 0 atom stereocenters. The number of carbonyl (C=O) groups is 2. The first-order chi connectivity index (χ1) is 15.7. The molecule has 3 rings (SSSR count). The number of carbonyl (C=O) groups excluding carboxylic acids is 2. The van der Waals surface area contributed by atoms with Crippen molar-refractivity contribution in [1.82, 2.24) is 5.32 Å². The second kappa shape index (κ2) is 10.5. The number of hydrogen-bond donors (Lipinski definition) is 3. The van der Waals surface area contributed by atoms with Gasteiger partial charge < -0.3 is 10.6 Å². The summed E-state index contributed by atoms with van der Waals surface area (Å²) in [5.41, 5.74) is 1.02. The molecule has 7 nitrogen and oxygen atoms in total. The van der Waals surface area contributed by atoms with E-state index in [9.17, 15) is 18.0 Å². The summed E-state index contributed by atoms with van der Waals surface area (Å²) >= 11 is 6.28. The Bertz CT molecular complexity index is 1260. The molecular formula is C24H24ClN3O4S. The Morgan fingerprint density at radius 3 is 2.21 bits per heavy atom. The molecule has 0 aliphatic heterocycles. The maximum atomic E-state index is 12.8. The molecular weight excluding hydrogens is 462 g/mol. The molecule has 0 saturated carbocycles. The molecule has 0 aliphatic rings. The van der Waals surface area contributed by atoms with Crippen molar-refractivity contribution >= 4 is 44.8 Å². The van der Waals surface area contributed by atoms with E-state index in [4.69, 9.17) is 11.6 Å². The van der Waals surface area contributed by atoms with Gasteiger partial charge in [0.2, 0.25) is 0 Å². The molecule has 33 heavy (non-hydrogen) atoms. The van der Waals surface area contributed by atoms with Crippen LogP contribution in [0.25, 0.3) is 0 Å². The van der Waals surface area contributed by atoms with Gasteiger partial charge in [-0.2, -0.15) is 0 Å². The lowest BCUT2D eigenvalue weighted by molar-refractivity contribution is 0.0950. The SMILES string of the molecule is CC(C)CNC(=O)c1ccccc1NC(=O)c1ccc(NS(=O)(=O)c2ccccc2)cc1Cl. The molecule has 0 heterocycles. The predicted octanol–water partition coefficient (Wildman–Crippen LogP) is 4.78. The van der Waals surface area contributed by atoms with Gasteiger partial charge in [0.05, 0.1) is 32.4 Å². The molecule has 3 aromatic rings. The number of benzene rings is 3. The van der Waals surface area contributed by atoms with E-state index in [-0.39, 0.29) is 33.0 Å². The lowest BCUT2D eigenvalue weighted by Gasteiger charge is -2.14. The number of sulfonamides is 1. The normalized spacial score (nSPS) is 11.2. The van der Waals surface area contributed by atoms with Crippen molar-refractivity contribution in [2.45, 2.75) is 18.7 Å². The van der Waals surface area contributed by atoms with Crippen molar-refractivity contribution < 1.29 is 18.0 Å². The average molecular weight is 486 g/mol. The Morgan fingerprint density at radius 1 is 0.879 bits per heavy atom. The lowest BCUT2D eigenvalue weighted by atomic mass is 10.1. The highest BCUT2D eigenvalue weighted by molar-refractivity contribution is 7.92. The fraction of sp³-hybridized carbons (Fsp3) is 0.167. The summed E-state index contributed by atoms with van der Waals surface area (Å²) in [5.74, 6) is -0.537. The minimum Gasteiger partial charge on any atom is -0.352 e. The van der Waals surface area contributed by atoms with E-state index in [1.54, 1.807) is 42.5 Å². The van der Waals surface area contributed by atoms with Gasteiger partial charge in [-0.15, -0.1) is 0 Å². The van der Waals surface area contributed by atoms with Crippen LogP contribution in [0.15, 0.2) is 77.7 Å². The van der Waals surface area contributed by atoms with Crippen molar-refractivity contribution in [3.8, 4) is 0 Å². The van der Waals surface area contributed by atoms with Gasteiger partial charge >= 0.3 is 0 Å². The van der Waals surface area contributed by atoms with Gasteiger partial charge in [-0.3, -0.25) is 14.3 Å². The molecule has 0 spiro atoms. The molecule has 0 unspecified atom stereocenters. The van der Waals surface area contributed by atoms with Crippen LogP contribution in [-0.2, 0) is 10.0 Å². The fourth-order valence-corrected chi connectivity index (χ4v) is 4.29. The Kier molecular flexibility index (Phi) is 7.73.